The van der Waals surface area contributed by atoms with E-state index in [1.165, 1.54) is 29.2 Å². The maximum Gasteiger partial charge on any atom is 0.263 e. The largest absolute Gasteiger partial charge is 0.502 e. The first kappa shape index (κ1) is 20.2. The predicted molar refractivity (Wildman–Crippen MR) is 120 cm³/mol. The number of aryl methyl sites for hydroxylation is 1. The van der Waals surface area contributed by atoms with Gasteiger partial charge in [-0.05, 0) is 12.5 Å². The summed E-state index contributed by atoms with van der Waals surface area (Å²) in [6.07, 6.45) is 2.66. The molecule has 3 heterocycles. The van der Waals surface area contributed by atoms with E-state index >= 15 is 0 Å². The second-order valence-corrected chi connectivity index (χ2v) is 8.48. The van der Waals surface area contributed by atoms with Gasteiger partial charge in [-0.2, -0.15) is 0 Å². The number of hydrogen-bond donors (Lipinski definition) is 1. The van der Waals surface area contributed by atoms with Crippen LogP contribution >= 0.6 is 23.1 Å². The van der Waals surface area contributed by atoms with Gasteiger partial charge in [-0.25, -0.2) is 4.98 Å². The SMILES string of the molecule is C=CCn1c(SCc2cc(=O)c(O)co2)nc2scc(-c3ccc(C)cc3)c2c1=O. The lowest BCUT2D eigenvalue weighted by atomic mass is 10.1. The Morgan fingerprint density at radius 1 is 1.30 bits per heavy atom. The summed E-state index contributed by atoms with van der Waals surface area (Å²) in [4.78, 5) is 30.3. The molecule has 0 amide bonds. The number of thiophene rings is 1. The van der Waals surface area contributed by atoms with Crippen LogP contribution in [0.3, 0.4) is 0 Å². The summed E-state index contributed by atoms with van der Waals surface area (Å²) < 4.78 is 6.82. The van der Waals surface area contributed by atoms with Gasteiger partial charge in [0, 0.05) is 23.6 Å². The number of aromatic hydroxyl groups is 1. The van der Waals surface area contributed by atoms with Crippen molar-refractivity contribution in [1.29, 1.82) is 0 Å². The van der Waals surface area contributed by atoms with Crippen LogP contribution in [0.2, 0.25) is 0 Å². The molecule has 3 aromatic heterocycles. The van der Waals surface area contributed by atoms with Crippen molar-refractivity contribution >= 4 is 33.3 Å². The van der Waals surface area contributed by atoms with Gasteiger partial charge in [0.1, 0.15) is 16.9 Å². The van der Waals surface area contributed by atoms with Gasteiger partial charge in [0.05, 0.1) is 11.1 Å². The average molecular weight is 439 g/mol. The van der Waals surface area contributed by atoms with Gasteiger partial charge in [-0.15, -0.1) is 17.9 Å². The molecule has 6 nitrogen and oxygen atoms in total. The number of thioether (sulfide) groups is 1. The third kappa shape index (κ3) is 3.83. The first-order valence-corrected chi connectivity index (χ1v) is 11.0. The van der Waals surface area contributed by atoms with Gasteiger partial charge in [0.2, 0.25) is 5.43 Å². The molecule has 0 bridgehead atoms. The predicted octanol–water partition coefficient (Wildman–Crippen LogP) is 4.57. The lowest BCUT2D eigenvalue weighted by Crippen LogP contribution is -2.22. The highest BCUT2D eigenvalue weighted by molar-refractivity contribution is 7.98. The Morgan fingerprint density at radius 3 is 2.77 bits per heavy atom. The summed E-state index contributed by atoms with van der Waals surface area (Å²) in [7, 11) is 0. The minimum atomic E-state index is -0.510. The molecule has 0 unspecified atom stereocenters. The van der Waals surface area contributed by atoms with Gasteiger partial charge in [0.25, 0.3) is 5.56 Å². The van der Waals surface area contributed by atoms with E-state index in [1.54, 1.807) is 10.6 Å². The molecular formula is C22H18N2O4S2. The Morgan fingerprint density at radius 2 is 2.07 bits per heavy atom. The van der Waals surface area contributed by atoms with E-state index in [1.807, 2.05) is 36.6 Å². The van der Waals surface area contributed by atoms with Crippen LogP contribution < -0.4 is 11.0 Å². The zero-order valence-corrected chi connectivity index (χ0v) is 17.8. The van der Waals surface area contributed by atoms with E-state index in [-0.39, 0.29) is 5.56 Å². The highest BCUT2D eigenvalue weighted by Gasteiger charge is 2.17. The zero-order chi connectivity index (χ0) is 21.3. The number of benzene rings is 1. The minimum absolute atomic E-state index is 0.133. The van der Waals surface area contributed by atoms with Crippen molar-refractivity contribution in [3.05, 3.63) is 86.5 Å². The van der Waals surface area contributed by atoms with Crippen LogP contribution in [0, 0.1) is 6.92 Å². The van der Waals surface area contributed by atoms with Gasteiger partial charge in [-0.3, -0.25) is 14.2 Å². The van der Waals surface area contributed by atoms with E-state index in [4.69, 9.17) is 9.40 Å². The summed E-state index contributed by atoms with van der Waals surface area (Å²) in [5, 5.41) is 12.4. The van der Waals surface area contributed by atoms with Gasteiger partial charge >= 0.3 is 0 Å². The number of allylic oxidation sites excluding steroid dienone is 1. The van der Waals surface area contributed by atoms with Crippen LogP contribution in [0.25, 0.3) is 21.3 Å². The van der Waals surface area contributed by atoms with E-state index in [0.717, 1.165) is 23.0 Å². The molecule has 0 saturated heterocycles. The van der Waals surface area contributed by atoms with Crippen molar-refractivity contribution in [1.82, 2.24) is 9.55 Å². The fourth-order valence-electron chi connectivity index (χ4n) is 3.01. The van der Waals surface area contributed by atoms with Crippen LogP contribution in [0.15, 0.2) is 73.8 Å². The Hall–Kier alpha value is -3.10. The molecule has 4 aromatic rings. The van der Waals surface area contributed by atoms with Crippen molar-refractivity contribution in [2.45, 2.75) is 24.4 Å². The lowest BCUT2D eigenvalue weighted by molar-refractivity contribution is 0.419. The van der Waals surface area contributed by atoms with Crippen molar-refractivity contribution in [3.63, 3.8) is 0 Å². The molecule has 1 aromatic carbocycles. The molecule has 8 heteroatoms. The van der Waals surface area contributed by atoms with Crippen LogP contribution in [0.1, 0.15) is 11.3 Å². The monoisotopic (exact) mass is 438 g/mol. The number of nitrogens with zero attached hydrogens (tertiary/aromatic N) is 2. The Kier molecular flexibility index (Phi) is 5.61. The van der Waals surface area contributed by atoms with Crippen molar-refractivity contribution in [3.8, 4) is 16.9 Å². The average Bonchev–Trinajstić information content (AvgIpc) is 3.16. The molecule has 0 fully saturated rings. The second-order valence-electron chi connectivity index (χ2n) is 6.68. The van der Waals surface area contributed by atoms with E-state index in [2.05, 4.69) is 6.58 Å². The molecule has 1 N–H and O–H groups in total. The Labute approximate surface area is 180 Å². The molecule has 0 atom stereocenters. The van der Waals surface area contributed by atoms with Crippen LogP contribution in [0.5, 0.6) is 5.75 Å². The van der Waals surface area contributed by atoms with Gasteiger partial charge in [0.15, 0.2) is 10.9 Å². The van der Waals surface area contributed by atoms with Gasteiger partial charge in [-0.1, -0.05) is 47.7 Å². The maximum absolute atomic E-state index is 13.3. The fourth-order valence-corrected chi connectivity index (χ4v) is 4.89. The number of hydrogen-bond acceptors (Lipinski definition) is 7. The number of aromatic nitrogens is 2. The van der Waals surface area contributed by atoms with Crippen molar-refractivity contribution < 1.29 is 9.52 Å². The van der Waals surface area contributed by atoms with Crippen LogP contribution in [-0.4, -0.2) is 14.7 Å². The maximum atomic E-state index is 13.3. The first-order valence-electron chi connectivity index (χ1n) is 9.11. The molecule has 0 aliphatic heterocycles. The first-order chi connectivity index (χ1) is 14.5. The Bertz CT molecular complexity index is 1350. The highest BCUT2D eigenvalue weighted by Crippen LogP contribution is 2.33. The number of fused-ring (bicyclic) bond motifs is 1. The topological polar surface area (TPSA) is 85.3 Å². The molecule has 152 valence electrons. The molecule has 0 aliphatic rings. The third-order valence-corrected chi connectivity index (χ3v) is 6.41. The zero-order valence-electron chi connectivity index (χ0n) is 16.1. The Balaban J connectivity index is 1.77. The van der Waals surface area contributed by atoms with Crippen LogP contribution in [0.4, 0.5) is 0 Å². The normalized spacial score (nSPS) is 11.1. The van der Waals surface area contributed by atoms with Gasteiger partial charge < -0.3 is 9.52 Å². The van der Waals surface area contributed by atoms with E-state index in [0.29, 0.717) is 33.4 Å². The molecule has 0 radical (unpaired) electrons. The number of rotatable bonds is 6. The quantitative estimate of drug-likeness (QED) is 0.270. The van der Waals surface area contributed by atoms with E-state index in [9.17, 15) is 14.7 Å². The molecular weight excluding hydrogens is 420 g/mol. The summed E-state index contributed by atoms with van der Waals surface area (Å²) >= 11 is 2.71. The van der Waals surface area contributed by atoms with Crippen molar-refractivity contribution in [2.24, 2.45) is 0 Å². The highest BCUT2D eigenvalue weighted by atomic mass is 32.2. The summed E-state index contributed by atoms with van der Waals surface area (Å²) in [5.74, 6) is 0.240. The smallest absolute Gasteiger partial charge is 0.263 e. The summed E-state index contributed by atoms with van der Waals surface area (Å²) in [6.45, 7) is 6.09. The third-order valence-electron chi connectivity index (χ3n) is 4.54. The van der Waals surface area contributed by atoms with Crippen molar-refractivity contribution in [2.75, 3.05) is 0 Å². The molecule has 30 heavy (non-hydrogen) atoms. The van der Waals surface area contributed by atoms with Crippen LogP contribution in [-0.2, 0) is 12.3 Å². The standard InChI is InChI=1S/C22H18N2O4S2/c1-3-8-24-21(27)19-16(14-6-4-13(2)5-7-14)12-29-20(19)23-22(24)30-11-15-9-17(25)18(26)10-28-15/h3-7,9-10,12,26H,1,8,11H2,2H3. The summed E-state index contributed by atoms with van der Waals surface area (Å²) in [5.41, 5.74) is 2.35. The molecule has 0 saturated carbocycles. The van der Waals surface area contributed by atoms with E-state index < -0.39 is 11.2 Å². The second kappa shape index (κ2) is 8.33. The minimum Gasteiger partial charge on any atom is -0.502 e. The molecule has 4 rings (SSSR count). The summed E-state index contributed by atoms with van der Waals surface area (Å²) in [6, 6.07) is 9.28. The molecule has 0 spiro atoms. The molecule has 0 aliphatic carbocycles. The lowest BCUT2D eigenvalue weighted by Gasteiger charge is -2.10. The fraction of sp³-hybridized carbons (Fsp3) is 0.136.